The van der Waals surface area contributed by atoms with Gasteiger partial charge in [-0.3, -0.25) is 14.4 Å². The van der Waals surface area contributed by atoms with Gasteiger partial charge in [0.2, 0.25) is 5.91 Å². The number of hydrogen-bond acceptors (Lipinski definition) is 6. The van der Waals surface area contributed by atoms with E-state index in [-0.39, 0.29) is 25.7 Å². The number of anilines is 1. The Morgan fingerprint density at radius 2 is 1.88 bits per heavy atom. The summed E-state index contributed by atoms with van der Waals surface area (Å²) in [6, 6.07) is 14.6. The number of rotatable bonds is 11. The fourth-order valence-electron chi connectivity index (χ4n) is 7.33. The van der Waals surface area contributed by atoms with Crippen molar-refractivity contribution in [3.63, 3.8) is 0 Å². The highest BCUT2D eigenvalue weighted by atomic mass is 35.5. The number of fused-ring (bicyclic) bond motifs is 1. The molecule has 0 saturated carbocycles. The zero-order valence-electron chi connectivity index (χ0n) is 23.9. The van der Waals surface area contributed by atoms with Crippen molar-refractivity contribution >= 4 is 35.1 Å². The Balaban J connectivity index is 1.66. The summed E-state index contributed by atoms with van der Waals surface area (Å²) < 4.78 is 12.3. The second kappa shape index (κ2) is 11.7. The molecule has 0 aromatic heterocycles. The predicted octanol–water partition coefficient (Wildman–Crippen LogP) is 4.20. The maximum Gasteiger partial charge on any atom is 0.313 e. The van der Waals surface area contributed by atoms with Crippen LogP contribution < -0.4 is 4.90 Å². The van der Waals surface area contributed by atoms with Gasteiger partial charge in [-0.2, -0.15) is 0 Å². The summed E-state index contributed by atoms with van der Waals surface area (Å²) in [5.74, 6) is -3.44. The number of ether oxygens (including phenoxy) is 2. The monoisotopic (exact) mass is 592 g/mol. The number of esters is 1. The van der Waals surface area contributed by atoms with Gasteiger partial charge in [-0.1, -0.05) is 79.7 Å². The molecule has 1 N–H and O–H groups in total. The summed E-state index contributed by atoms with van der Waals surface area (Å²) >= 11 is 6.57. The fraction of sp³-hybridized carbons (Fsp3) is 0.424. The van der Waals surface area contributed by atoms with Gasteiger partial charge in [-0.25, -0.2) is 0 Å². The summed E-state index contributed by atoms with van der Waals surface area (Å²) in [6.45, 7) is 11.0. The summed E-state index contributed by atoms with van der Waals surface area (Å²) in [6.07, 6.45) is 3.76. The molecule has 3 fully saturated rings. The van der Waals surface area contributed by atoms with Crippen molar-refractivity contribution in [1.82, 2.24) is 4.90 Å². The third-order valence-electron chi connectivity index (χ3n) is 9.22. The lowest BCUT2D eigenvalue weighted by molar-refractivity contribution is -0.161. The summed E-state index contributed by atoms with van der Waals surface area (Å²) in [5.41, 5.74) is -0.976. The molecule has 2 amide bonds. The van der Waals surface area contributed by atoms with E-state index in [0.29, 0.717) is 23.6 Å². The zero-order chi connectivity index (χ0) is 30.2. The van der Waals surface area contributed by atoms with Gasteiger partial charge in [0.25, 0.3) is 5.91 Å². The highest BCUT2D eigenvalue weighted by Crippen LogP contribution is 2.65. The van der Waals surface area contributed by atoms with Crippen LogP contribution in [0.2, 0.25) is 5.02 Å². The molecule has 8 nitrogen and oxygen atoms in total. The number of carbonyl (C=O) groups is 3. The average molecular weight is 593 g/mol. The number of carbonyl (C=O) groups excluding carboxylic acids is 3. The average Bonchev–Trinajstić information content (AvgIpc) is 3.50. The van der Waals surface area contributed by atoms with E-state index in [1.54, 1.807) is 30.3 Å². The first-order valence-electron chi connectivity index (χ1n) is 14.3. The highest BCUT2D eigenvalue weighted by Gasteiger charge is 2.80. The van der Waals surface area contributed by atoms with Gasteiger partial charge in [-0.15, -0.1) is 6.58 Å². The number of halogens is 1. The van der Waals surface area contributed by atoms with Crippen LogP contribution in [0, 0.1) is 17.8 Å². The third kappa shape index (κ3) is 4.66. The van der Waals surface area contributed by atoms with Crippen molar-refractivity contribution in [3.05, 3.63) is 90.5 Å². The number of aliphatic hydroxyl groups is 1. The first-order valence-corrected chi connectivity index (χ1v) is 14.6. The lowest BCUT2D eigenvalue weighted by Gasteiger charge is -2.39. The second-order valence-corrected chi connectivity index (χ2v) is 12.0. The molecular weight excluding hydrogens is 556 g/mol. The molecule has 0 radical (unpaired) electrons. The molecule has 0 aliphatic carbocycles. The summed E-state index contributed by atoms with van der Waals surface area (Å²) in [4.78, 5) is 45.9. The minimum absolute atomic E-state index is 0.00727. The van der Waals surface area contributed by atoms with Crippen LogP contribution in [0.15, 0.2) is 79.9 Å². The van der Waals surface area contributed by atoms with Crippen LogP contribution in [0.25, 0.3) is 0 Å². The van der Waals surface area contributed by atoms with Crippen LogP contribution in [0.4, 0.5) is 5.69 Å². The van der Waals surface area contributed by atoms with E-state index >= 15 is 0 Å². The van der Waals surface area contributed by atoms with Gasteiger partial charge < -0.3 is 24.4 Å². The van der Waals surface area contributed by atoms with E-state index in [2.05, 4.69) is 13.2 Å². The van der Waals surface area contributed by atoms with Crippen LogP contribution >= 0.6 is 11.6 Å². The lowest BCUT2D eigenvalue weighted by Crippen LogP contribution is -2.59. The molecule has 3 unspecified atom stereocenters. The summed E-state index contributed by atoms with van der Waals surface area (Å²) in [7, 11) is 0. The van der Waals surface area contributed by atoms with Crippen LogP contribution in [-0.2, 0) is 30.3 Å². The van der Waals surface area contributed by atoms with Crippen molar-refractivity contribution in [3.8, 4) is 0 Å². The minimum atomic E-state index is -1.31. The molecule has 3 heterocycles. The first kappa shape index (κ1) is 30.0. The van der Waals surface area contributed by atoms with E-state index in [0.717, 1.165) is 5.56 Å². The molecule has 1 spiro atoms. The quantitative estimate of drug-likeness (QED) is 0.310. The van der Waals surface area contributed by atoms with Crippen molar-refractivity contribution in [2.75, 3.05) is 24.7 Å². The van der Waals surface area contributed by atoms with Crippen LogP contribution in [-0.4, -0.2) is 70.8 Å². The molecule has 2 aromatic rings. The topological polar surface area (TPSA) is 96.4 Å². The molecule has 3 aliphatic rings. The molecule has 3 saturated heterocycles. The molecule has 42 heavy (non-hydrogen) atoms. The molecule has 5 rings (SSSR count). The largest absolute Gasteiger partial charge is 0.461 e. The van der Waals surface area contributed by atoms with Gasteiger partial charge >= 0.3 is 5.97 Å². The number of para-hydroxylation sites is 1. The summed E-state index contributed by atoms with van der Waals surface area (Å²) in [5, 5.41) is 11.1. The van der Waals surface area contributed by atoms with Gasteiger partial charge in [0.15, 0.2) is 0 Å². The van der Waals surface area contributed by atoms with E-state index in [1.165, 1.54) is 15.9 Å². The van der Waals surface area contributed by atoms with Crippen LogP contribution in [0.3, 0.4) is 0 Å². The SMILES string of the molecule is C=CCOC(=O)[C@H]1[C@H]2C(=O)N([C@@H](CO)Cc3ccccc3)C(C(=O)N(CC=C)c3ccccc3Cl)C23CC(C)[C@]1(C)O3. The first-order chi connectivity index (χ1) is 20.1. The third-order valence-corrected chi connectivity index (χ3v) is 9.54. The molecule has 9 heteroatoms. The normalized spacial score (nSPS) is 30.1. The predicted molar refractivity (Wildman–Crippen MR) is 160 cm³/mol. The number of benzene rings is 2. The van der Waals surface area contributed by atoms with Gasteiger partial charge in [0.05, 0.1) is 34.9 Å². The van der Waals surface area contributed by atoms with E-state index in [1.807, 2.05) is 44.2 Å². The van der Waals surface area contributed by atoms with Crippen LogP contribution in [0.5, 0.6) is 0 Å². The van der Waals surface area contributed by atoms with E-state index in [4.69, 9.17) is 21.1 Å². The number of nitrogens with zero attached hydrogens (tertiary/aromatic N) is 2. The molecule has 2 aromatic carbocycles. The Morgan fingerprint density at radius 1 is 1.19 bits per heavy atom. The maximum absolute atomic E-state index is 14.8. The van der Waals surface area contributed by atoms with Crippen molar-refractivity contribution in [1.29, 1.82) is 0 Å². The number of likely N-dealkylation sites (tertiary alicyclic amines) is 1. The van der Waals surface area contributed by atoms with Gasteiger partial charge in [-0.05, 0) is 43.4 Å². The Hall–Kier alpha value is -3.46. The Kier molecular flexibility index (Phi) is 8.34. The molecule has 2 bridgehead atoms. The highest BCUT2D eigenvalue weighted by molar-refractivity contribution is 6.34. The van der Waals surface area contributed by atoms with Gasteiger partial charge in [0, 0.05) is 6.54 Å². The number of amides is 2. The molecular formula is C33H37ClN2O6. The maximum atomic E-state index is 14.8. The minimum Gasteiger partial charge on any atom is -0.461 e. The lowest BCUT2D eigenvalue weighted by atomic mass is 9.62. The van der Waals surface area contributed by atoms with Crippen molar-refractivity contribution in [2.45, 2.75) is 50.0 Å². The molecule has 3 aliphatic heterocycles. The molecule has 222 valence electrons. The Bertz CT molecular complexity index is 1380. The standard InChI is InChI=1S/C33H37ClN2O6/c1-5-16-35(25-15-11-10-14-24(25)34)30(39)28-33-19-21(3)32(4,42-33)27(31(40)41-17-6-2)26(33)29(38)36(28)23(20-37)18-22-12-8-7-9-13-22/h5-15,21,23,26-28,37H,1-2,16-20H2,3-4H3/t21?,23-,26+,27-,28?,32+,33?/m1/s1. The Labute approximate surface area is 251 Å². The molecule has 7 atom stereocenters. The zero-order valence-corrected chi connectivity index (χ0v) is 24.7. The smallest absolute Gasteiger partial charge is 0.313 e. The van der Waals surface area contributed by atoms with Gasteiger partial charge in [0.1, 0.15) is 24.2 Å². The number of hydrogen-bond donors (Lipinski definition) is 1. The second-order valence-electron chi connectivity index (χ2n) is 11.6. The van der Waals surface area contributed by atoms with Crippen molar-refractivity contribution in [2.24, 2.45) is 17.8 Å². The van der Waals surface area contributed by atoms with E-state index in [9.17, 15) is 19.5 Å². The number of aliphatic hydroxyl groups excluding tert-OH is 1. The Morgan fingerprint density at radius 3 is 2.52 bits per heavy atom. The van der Waals surface area contributed by atoms with Crippen molar-refractivity contribution < 1.29 is 29.0 Å². The van der Waals surface area contributed by atoms with Crippen LogP contribution in [0.1, 0.15) is 25.8 Å². The van der Waals surface area contributed by atoms with E-state index < -0.39 is 52.9 Å². The fourth-order valence-corrected chi connectivity index (χ4v) is 7.57.